The Morgan fingerprint density at radius 2 is 1.76 bits per heavy atom. The summed E-state index contributed by atoms with van der Waals surface area (Å²) in [6, 6.07) is 14.4. The van der Waals surface area contributed by atoms with E-state index in [1.165, 1.54) is 37.2 Å². The van der Waals surface area contributed by atoms with Crippen molar-refractivity contribution in [3.63, 3.8) is 0 Å². The van der Waals surface area contributed by atoms with Gasteiger partial charge in [0.2, 0.25) is 0 Å². The maximum atomic E-state index is 9.53. The minimum absolute atomic E-state index is 0.343. The molecule has 0 amide bonds. The standard InChI is InChI=1S/C18H22N2O/c1-14-12-16(6-9-18(14)21)19-13-15-4-7-17(8-5-15)20-10-2-3-11-20/h4-9,12,19,21H,2-3,10-11,13H2,1H3. The van der Waals surface area contributed by atoms with Crippen LogP contribution in [0.15, 0.2) is 42.5 Å². The lowest BCUT2D eigenvalue weighted by Crippen LogP contribution is -2.17. The largest absolute Gasteiger partial charge is 0.508 e. The van der Waals surface area contributed by atoms with Crippen LogP contribution in [0.3, 0.4) is 0 Å². The molecule has 3 rings (SSSR count). The first-order valence-electron chi connectivity index (χ1n) is 7.60. The number of aryl methyl sites for hydroxylation is 1. The van der Waals surface area contributed by atoms with Gasteiger partial charge < -0.3 is 15.3 Å². The van der Waals surface area contributed by atoms with Crippen molar-refractivity contribution >= 4 is 11.4 Å². The number of hydrogen-bond acceptors (Lipinski definition) is 3. The highest BCUT2D eigenvalue weighted by atomic mass is 16.3. The van der Waals surface area contributed by atoms with Crippen molar-refractivity contribution in [2.75, 3.05) is 23.3 Å². The minimum atomic E-state index is 0.343. The van der Waals surface area contributed by atoms with Crippen molar-refractivity contribution in [2.24, 2.45) is 0 Å². The number of nitrogens with zero attached hydrogens (tertiary/aromatic N) is 1. The van der Waals surface area contributed by atoms with Crippen molar-refractivity contribution in [3.05, 3.63) is 53.6 Å². The van der Waals surface area contributed by atoms with Crippen molar-refractivity contribution in [3.8, 4) is 5.75 Å². The van der Waals surface area contributed by atoms with Crippen molar-refractivity contribution in [1.82, 2.24) is 0 Å². The van der Waals surface area contributed by atoms with E-state index in [1.807, 2.05) is 19.1 Å². The van der Waals surface area contributed by atoms with Gasteiger partial charge in [-0.1, -0.05) is 12.1 Å². The van der Waals surface area contributed by atoms with Gasteiger partial charge in [0.1, 0.15) is 5.75 Å². The normalized spacial score (nSPS) is 14.4. The zero-order chi connectivity index (χ0) is 14.7. The SMILES string of the molecule is Cc1cc(NCc2ccc(N3CCCC3)cc2)ccc1O. The molecule has 0 saturated carbocycles. The molecule has 3 nitrogen and oxygen atoms in total. The fourth-order valence-corrected chi connectivity index (χ4v) is 2.77. The van der Waals surface area contributed by atoms with Crippen LogP contribution < -0.4 is 10.2 Å². The molecule has 0 spiro atoms. The topological polar surface area (TPSA) is 35.5 Å². The predicted octanol–water partition coefficient (Wildman–Crippen LogP) is 3.91. The molecule has 3 heteroatoms. The van der Waals surface area contributed by atoms with Gasteiger partial charge >= 0.3 is 0 Å². The van der Waals surface area contributed by atoms with Crippen LogP contribution >= 0.6 is 0 Å². The van der Waals surface area contributed by atoms with Gasteiger partial charge in [0.05, 0.1) is 0 Å². The number of rotatable bonds is 4. The van der Waals surface area contributed by atoms with E-state index < -0.39 is 0 Å². The fourth-order valence-electron chi connectivity index (χ4n) is 2.77. The summed E-state index contributed by atoms with van der Waals surface area (Å²) in [6.07, 6.45) is 2.62. The van der Waals surface area contributed by atoms with Crippen LogP contribution in [0.2, 0.25) is 0 Å². The zero-order valence-electron chi connectivity index (χ0n) is 12.5. The Bertz CT molecular complexity index is 601. The highest BCUT2D eigenvalue weighted by Crippen LogP contribution is 2.22. The molecule has 0 aliphatic carbocycles. The Morgan fingerprint density at radius 1 is 1.05 bits per heavy atom. The maximum Gasteiger partial charge on any atom is 0.118 e. The number of hydrogen-bond donors (Lipinski definition) is 2. The van der Waals surface area contributed by atoms with E-state index in [4.69, 9.17) is 0 Å². The highest BCUT2D eigenvalue weighted by Gasteiger charge is 2.11. The fraction of sp³-hybridized carbons (Fsp3) is 0.333. The molecule has 1 aliphatic heterocycles. The summed E-state index contributed by atoms with van der Waals surface area (Å²) in [5.74, 6) is 0.343. The van der Waals surface area contributed by atoms with Gasteiger partial charge in [-0.2, -0.15) is 0 Å². The molecule has 110 valence electrons. The van der Waals surface area contributed by atoms with Crippen LogP contribution in [-0.2, 0) is 6.54 Å². The molecular formula is C18H22N2O. The van der Waals surface area contributed by atoms with Gasteiger partial charge in [-0.25, -0.2) is 0 Å². The number of phenols is 1. The Kier molecular flexibility index (Phi) is 4.00. The second kappa shape index (κ2) is 6.08. The Hall–Kier alpha value is -2.16. The molecule has 1 fully saturated rings. The first-order valence-corrected chi connectivity index (χ1v) is 7.60. The van der Waals surface area contributed by atoms with Gasteiger partial charge in [-0.15, -0.1) is 0 Å². The molecule has 1 aliphatic rings. The van der Waals surface area contributed by atoms with E-state index in [1.54, 1.807) is 6.07 Å². The van der Waals surface area contributed by atoms with E-state index in [0.29, 0.717) is 5.75 Å². The zero-order valence-corrected chi connectivity index (χ0v) is 12.5. The van der Waals surface area contributed by atoms with Gasteiger partial charge in [0.25, 0.3) is 0 Å². The summed E-state index contributed by atoms with van der Waals surface area (Å²) >= 11 is 0. The molecule has 2 N–H and O–H groups in total. The van der Waals surface area contributed by atoms with E-state index in [0.717, 1.165) is 17.8 Å². The van der Waals surface area contributed by atoms with E-state index in [-0.39, 0.29) is 0 Å². The summed E-state index contributed by atoms with van der Waals surface area (Å²) < 4.78 is 0. The first kappa shape index (κ1) is 13.8. The van der Waals surface area contributed by atoms with Crippen molar-refractivity contribution in [1.29, 1.82) is 0 Å². The number of benzene rings is 2. The third-order valence-corrected chi connectivity index (χ3v) is 4.10. The second-order valence-electron chi connectivity index (χ2n) is 5.72. The van der Waals surface area contributed by atoms with Crippen LogP contribution in [0.4, 0.5) is 11.4 Å². The monoisotopic (exact) mass is 282 g/mol. The molecule has 1 saturated heterocycles. The van der Waals surface area contributed by atoms with Gasteiger partial charge in [0.15, 0.2) is 0 Å². The summed E-state index contributed by atoms with van der Waals surface area (Å²) in [5, 5.41) is 12.9. The molecule has 2 aromatic carbocycles. The third kappa shape index (κ3) is 3.30. The predicted molar refractivity (Wildman–Crippen MR) is 88.1 cm³/mol. The smallest absolute Gasteiger partial charge is 0.118 e. The molecule has 1 heterocycles. The summed E-state index contributed by atoms with van der Waals surface area (Å²) in [4.78, 5) is 2.44. The molecule has 0 atom stereocenters. The summed E-state index contributed by atoms with van der Waals surface area (Å²) in [5.41, 5.74) is 4.53. The minimum Gasteiger partial charge on any atom is -0.508 e. The third-order valence-electron chi connectivity index (χ3n) is 4.10. The van der Waals surface area contributed by atoms with E-state index >= 15 is 0 Å². The summed E-state index contributed by atoms with van der Waals surface area (Å²) in [6.45, 7) is 5.07. The lowest BCUT2D eigenvalue weighted by Gasteiger charge is -2.18. The molecule has 0 aromatic heterocycles. The Morgan fingerprint density at radius 3 is 2.43 bits per heavy atom. The number of phenolic OH excluding ortho intramolecular Hbond substituents is 1. The lowest BCUT2D eigenvalue weighted by molar-refractivity contribution is 0.471. The van der Waals surface area contributed by atoms with Crippen molar-refractivity contribution < 1.29 is 5.11 Å². The molecule has 0 radical (unpaired) electrons. The maximum absolute atomic E-state index is 9.53. The van der Waals surface area contributed by atoms with Crippen LogP contribution in [0.1, 0.15) is 24.0 Å². The Labute approximate surface area is 126 Å². The van der Waals surface area contributed by atoms with Gasteiger partial charge in [-0.3, -0.25) is 0 Å². The van der Waals surface area contributed by atoms with Gasteiger partial charge in [-0.05, 0) is 61.2 Å². The Balaban J connectivity index is 1.61. The molecule has 0 unspecified atom stereocenters. The number of nitrogens with one attached hydrogen (secondary N) is 1. The molecule has 21 heavy (non-hydrogen) atoms. The average molecular weight is 282 g/mol. The first-order chi connectivity index (χ1) is 10.2. The quantitative estimate of drug-likeness (QED) is 0.835. The average Bonchev–Trinajstić information content (AvgIpc) is 3.03. The van der Waals surface area contributed by atoms with Crippen LogP contribution in [0.25, 0.3) is 0 Å². The number of aromatic hydroxyl groups is 1. The molecule has 0 bridgehead atoms. The molecule has 2 aromatic rings. The van der Waals surface area contributed by atoms with E-state index in [2.05, 4.69) is 34.5 Å². The van der Waals surface area contributed by atoms with Crippen LogP contribution in [0.5, 0.6) is 5.75 Å². The van der Waals surface area contributed by atoms with Crippen LogP contribution in [-0.4, -0.2) is 18.2 Å². The second-order valence-corrected chi connectivity index (χ2v) is 5.72. The number of anilines is 2. The van der Waals surface area contributed by atoms with E-state index in [9.17, 15) is 5.11 Å². The van der Waals surface area contributed by atoms with Gasteiger partial charge in [0, 0.05) is 31.0 Å². The van der Waals surface area contributed by atoms with Crippen LogP contribution in [0, 0.1) is 6.92 Å². The lowest BCUT2D eigenvalue weighted by atomic mass is 10.1. The van der Waals surface area contributed by atoms with Crippen molar-refractivity contribution in [2.45, 2.75) is 26.3 Å². The highest BCUT2D eigenvalue weighted by molar-refractivity contribution is 5.52. The summed E-state index contributed by atoms with van der Waals surface area (Å²) in [7, 11) is 0. The molecular weight excluding hydrogens is 260 g/mol.